The Morgan fingerprint density at radius 1 is 1.43 bits per heavy atom. The van der Waals surface area contributed by atoms with E-state index < -0.39 is 15.9 Å². The van der Waals surface area contributed by atoms with E-state index in [9.17, 15) is 18.0 Å². The van der Waals surface area contributed by atoms with Gasteiger partial charge in [-0.15, -0.1) is 0 Å². The highest BCUT2D eigenvalue weighted by Gasteiger charge is 2.32. The molecule has 0 radical (unpaired) electrons. The van der Waals surface area contributed by atoms with Gasteiger partial charge in [0.2, 0.25) is 5.91 Å². The van der Waals surface area contributed by atoms with Gasteiger partial charge in [-0.3, -0.25) is 14.5 Å². The van der Waals surface area contributed by atoms with Crippen LogP contribution in [0, 0.1) is 0 Å². The summed E-state index contributed by atoms with van der Waals surface area (Å²) in [6.07, 6.45) is 3.19. The standard InChI is InChI=1S/C18H18N2O5S3/c1-25-14-5-3-2-4-12(14)10-15-17(22)20(18(26)27-15)8-6-16(21)19-13-7-9-28(23,24)11-13/h2-5,7,9-10,13H,6,8,11H2,1H3,(H,19,21)/b15-10+/t13-/m0/s1. The molecule has 0 aliphatic carbocycles. The van der Waals surface area contributed by atoms with Crippen LogP contribution < -0.4 is 10.1 Å². The fourth-order valence-corrected chi connectivity index (χ4v) is 5.31. The lowest BCUT2D eigenvalue weighted by atomic mass is 10.2. The van der Waals surface area contributed by atoms with E-state index in [-0.39, 0.29) is 30.5 Å². The summed E-state index contributed by atoms with van der Waals surface area (Å²) in [6, 6.07) is 6.78. The summed E-state index contributed by atoms with van der Waals surface area (Å²) < 4.78 is 28.4. The fraction of sp³-hybridized carbons (Fsp3) is 0.278. The van der Waals surface area contributed by atoms with Crippen molar-refractivity contribution in [2.45, 2.75) is 12.5 Å². The normalized spacial score (nSPS) is 22.1. The van der Waals surface area contributed by atoms with Crippen molar-refractivity contribution in [1.29, 1.82) is 0 Å². The number of sulfone groups is 1. The molecule has 10 heteroatoms. The summed E-state index contributed by atoms with van der Waals surface area (Å²) in [5.41, 5.74) is 0.762. The average Bonchev–Trinajstić information content (AvgIpc) is 3.12. The van der Waals surface area contributed by atoms with Crippen molar-refractivity contribution in [2.75, 3.05) is 19.4 Å². The Kier molecular flexibility index (Phi) is 6.21. The van der Waals surface area contributed by atoms with Crippen molar-refractivity contribution < 1.29 is 22.7 Å². The molecule has 28 heavy (non-hydrogen) atoms. The van der Waals surface area contributed by atoms with Gasteiger partial charge in [0.1, 0.15) is 10.1 Å². The maximum Gasteiger partial charge on any atom is 0.266 e. The highest BCUT2D eigenvalue weighted by molar-refractivity contribution is 8.26. The first-order chi connectivity index (χ1) is 13.3. The Bertz CT molecular complexity index is 985. The zero-order valence-corrected chi connectivity index (χ0v) is 17.4. The van der Waals surface area contributed by atoms with E-state index in [1.54, 1.807) is 19.3 Å². The van der Waals surface area contributed by atoms with E-state index in [4.69, 9.17) is 17.0 Å². The number of benzene rings is 1. The van der Waals surface area contributed by atoms with Gasteiger partial charge in [0, 0.05) is 23.9 Å². The van der Waals surface area contributed by atoms with Gasteiger partial charge in [-0.2, -0.15) is 0 Å². The van der Waals surface area contributed by atoms with E-state index in [0.29, 0.717) is 15.0 Å². The third-order valence-electron chi connectivity index (χ3n) is 4.14. The minimum Gasteiger partial charge on any atom is -0.496 e. The summed E-state index contributed by atoms with van der Waals surface area (Å²) in [7, 11) is -1.68. The topological polar surface area (TPSA) is 92.8 Å². The Labute approximate surface area is 172 Å². The quantitative estimate of drug-likeness (QED) is 0.534. The minimum absolute atomic E-state index is 0.0266. The van der Waals surface area contributed by atoms with Crippen LogP contribution in [0.15, 0.2) is 40.7 Å². The monoisotopic (exact) mass is 438 g/mol. The number of methoxy groups -OCH3 is 1. The molecular formula is C18H18N2O5S3. The molecule has 1 saturated heterocycles. The number of hydrogen-bond donors (Lipinski definition) is 1. The maximum absolute atomic E-state index is 12.6. The molecule has 0 unspecified atom stereocenters. The molecule has 7 nitrogen and oxygen atoms in total. The second-order valence-corrected chi connectivity index (χ2v) is 9.76. The number of nitrogens with one attached hydrogen (secondary N) is 1. The van der Waals surface area contributed by atoms with Crippen molar-refractivity contribution in [2.24, 2.45) is 0 Å². The highest BCUT2D eigenvalue weighted by Crippen LogP contribution is 2.34. The largest absolute Gasteiger partial charge is 0.496 e. The van der Waals surface area contributed by atoms with Gasteiger partial charge in [0.05, 0.1) is 23.8 Å². The number of thioether (sulfide) groups is 1. The molecule has 2 heterocycles. The molecule has 0 bridgehead atoms. The van der Waals surface area contributed by atoms with Crippen LogP contribution in [-0.2, 0) is 19.4 Å². The molecule has 0 saturated carbocycles. The maximum atomic E-state index is 12.6. The van der Waals surface area contributed by atoms with Gasteiger partial charge in [-0.25, -0.2) is 8.42 Å². The molecule has 1 N–H and O–H groups in total. The Hall–Kier alpha value is -2.17. The van der Waals surface area contributed by atoms with E-state index in [0.717, 1.165) is 11.0 Å². The lowest BCUT2D eigenvalue weighted by molar-refractivity contribution is -0.124. The average molecular weight is 439 g/mol. The zero-order chi connectivity index (χ0) is 20.3. The fourth-order valence-electron chi connectivity index (χ4n) is 2.78. The minimum atomic E-state index is -3.23. The first-order valence-corrected chi connectivity index (χ1v) is 11.3. The van der Waals surface area contributed by atoms with Crippen LogP contribution >= 0.6 is 24.0 Å². The second-order valence-electron chi connectivity index (χ2n) is 6.16. The van der Waals surface area contributed by atoms with Gasteiger partial charge in [0.25, 0.3) is 5.91 Å². The molecular weight excluding hydrogens is 420 g/mol. The summed E-state index contributed by atoms with van der Waals surface area (Å²) in [6.45, 7) is 0.128. The molecule has 1 aromatic carbocycles. The van der Waals surface area contributed by atoms with E-state index in [1.165, 1.54) is 22.7 Å². The summed E-state index contributed by atoms with van der Waals surface area (Å²) in [4.78, 5) is 26.6. The highest BCUT2D eigenvalue weighted by atomic mass is 32.2. The summed E-state index contributed by atoms with van der Waals surface area (Å²) in [5, 5.41) is 3.73. The zero-order valence-electron chi connectivity index (χ0n) is 15.0. The molecule has 2 amide bonds. The van der Waals surface area contributed by atoms with Crippen LogP contribution in [0.25, 0.3) is 6.08 Å². The number of para-hydroxylation sites is 1. The molecule has 0 aromatic heterocycles. The Balaban J connectivity index is 1.60. The SMILES string of the molecule is COc1ccccc1/C=C1/SC(=S)N(CCC(=O)N[C@H]2C=CS(=O)(=O)C2)C1=O. The van der Waals surface area contributed by atoms with Crippen molar-refractivity contribution in [3.05, 3.63) is 46.2 Å². The molecule has 1 atom stereocenters. The first-order valence-electron chi connectivity index (χ1n) is 8.38. The molecule has 2 aliphatic heterocycles. The van der Waals surface area contributed by atoms with Crippen LogP contribution in [0.1, 0.15) is 12.0 Å². The lowest BCUT2D eigenvalue weighted by Gasteiger charge is -2.15. The van der Waals surface area contributed by atoms with Crippen molar-refractivity contribution in [1.82, 2.24) is 10.2 Å². The third-order valence-corrected chi connectivity index (χ3v) is 6.91. The number of rotatable bonds is 6. The van der Waals surface area contributed by atoms with Crippen LogP contribution in [0.4, 0.5) is 0 Å². The number of carbonyl (C=O) groups is 2. The number of thiocarbonyl (C=S) groups is 1. The smallest absolute Gasteiger partial charge is 0.266 e. The first kappa shape index (κ1) is 20.6. The van der Waals surface area contributed by atoms with Gasteiger partial charge >= 0.3 is 0 Å². The molecule has 2 aliphatic rings. The van der Waals surface area contributed by atoms with Crippen LogP contribution in [-0.4, -0.2) is 54.9 Å². The Morgan fingerprint density at radius 3 is 2.86 bits per heavy atom. The molecule has 1 fully saturated rings. The number of amides is 2. The van der Waals surface area contributed by atoms with Gasteiger partial charge in [-0.05, 0) is 18.2 Å². The third kappa shape index (κ3) is 4.81. The van der Waals surface area contributed by atoms with Crippen LogP contribution in [0.2, 0.25) is 0 Å². The van der Waals surface area contributed by atoms with Gasteiger partial charge < -0.3 is 10.1 Å². The van der Waals surface area contributed by atoms with E-state index >= 15 is 0 Å². The van der Waals surface area contributed by atoms with Gasteiger partial charge in [0.15, 0.2) is 9.84 Å². The van der Waals surface area contributed by atoms with Gasteiger partial charge in [-0.1, -0.05) is 42.2 Å². The molecule has 1 aromatic rings. The number of carbonyl (C=O) groups excluding carboxylic acids is 2. The number of ether oxygens (including phenoxy) is 1. The van der Waals surface area contributed by atoms with Crippen LogP contribution in [0.3, 0.4) is 0 Å². The summed E-state index contributed by atoms with van der Waals surface area (Å²) in [5.74, 6) is -0.0974. The van der Waals surface area contributed by atoms with E-state index in [1.807, 2.05) is 18.2 Å². The molecule has 3 rings (SSSR count). The number of hydrogen-bond acceptors (Lipinski definition) is 7. The molecule has 148 valence electrons. The van der Waals surface area contributed by atoms with Crippen molar-refractivity contribution >= 4 is 56.0 Å². The van der Waals surface area contributed by atoms with E-state index in [2.05, 4.69) is 5.32 Å². The molecule has 0 spiro atoms. The van der Waals surface area contributed by atoms with Crippen LogP contribution in [0.5, 0.6) is 5.75 Å². The second kappa shape index (κ2) is 8.46. The predicted molar refractivity (Wildman–Crippen MR) is 112 cm³/mol. The predicted octanol–water partition coefficient (Wildman–Crippen LogP) is 1.71. The van der Waals surface area contributed by atoms with Crippen molar-refractivity contribution in [3.8, 4) is 5.75 Å². The Morgan fingerprint density at radius 2 is 2.18 bits per heavy atom. The number of nitrogens with zero attached hydrogens (tertiary/aromatic N) is 1. The summed E-state index contributed by atoms with van der Waals surface area (Å²) >= 11 is 6.44. The van der Waals surface area contributed by atoms with Crippen molar-refractivity contribution in [3.63, 3.8) is 0 Å². The lowest BCUT2D eigenvalue weighted by Crippen LogP contribution is -2.38.